The van der Waals surface area contributed by atoms with E-state index < -0.39 is 16.9 Å². The Morgan fingerprint density at radius 2 is 1.97 bits per heavy atom. The van der Waals surface area contributed by atoms with Crippen molar-refractivity contribution in [3.63, 3.8) is 0 Å². The molecule has 11 heteroatoms. The Bertz CT molecular complexity index is 1800. The van der Waals surface area contributed by atoms with Crippen LogP contribution in [0.3, 0.4) is 0 Å². The Balaban J connectivity index is 1.62. The van der Waals surface area contributed by atoms with E-state index in [0.29, 0.717) is 32.1 Å². The second-order valence-corrected chi connectivity index (χ2v) is 9.56. The molecule has 0 spiro atoms. The maximum atomic E-state index is 13.7. The molecule has 10 nitrogen and oxygen atoms in total. The zero-order valence-corrected chi connectivity index (χ0v) is 22.1. The highest BCUT2D eigenvalue weighted by molar-refractivity contribution is 7.07. The van der Waals surface area contributed by atoms with Crippen LogP contribution in [0, 0.1) is 10.1 Å². The van der Waals surface area contributed by atoms with Crippen LogP contribution in [0.15, 0.2) is 86.1 Å². The normalized spacial score (nSPS) is 15.1. The zero-order valence-electron chi connectivity index (χ0n) is 21.2. The van der Waals surface area contributed by atoms with Gasteiger partial charge in [0.15, 0.2) is 4.80 Å². The number of nitro benzene ring substituents is 1. The number of hydrogen-bond donors (Lipinski definition) is 0. The summed E-state index contributed by atoms with van der Waals surface area (Å²) >= 11 is 1.16. The largest absolute Gasteiger partial charge is 0.497 e. The van der Waals surface area contributed by atoms with Crippen molar-refractivity contribution >= 4 is 29.1 Å². The topological polar surface area (TPSA) is 126 Å². The molecular formula is C28H23N3O7S. The van der Waals surface area contributed by atoms with Gasteiger partial charge in [0.2, 0.25) is 0 Å². The molecule has 2 aromatic heterocycles. The van der Waals surface area contributed by atoms with Gasteiger partial charge in [0.25, 0.3) is 11.2 Å². The lowest BCUT2D eigenvalue weighted by Crippen LogP contribution is -2.39. The summed E-state index contributed by atoms with van der Waals surface area (Å²) < 4.78 is 18.1. The molecule has 1 atom stereocenters. The number of carbonyl (C=O) groups is 1. The number of carbonyl (C=O) groups excluding carboxylic acids is 1. The third kappa shape index (κ3) is 4.79. The van der Waals surface area contributed by atoms with Gasteiger partial charge in [-0.3, -0.25) is 19.5 Å². The van der Waals surface area contributed by atoms with Crippen LogP contribution in [0.2, 0.25) is 0 Å². The molecule has 0 fully saturated rings. The number of fused-ring (bicyclic) bond motifs is 1. The molecule has 3 heterocycles. The Hall–Kier alpha value is -4.77. The van der Waals surface area contributed by atoms with Crippen LogP contribution in [0.1, 0.15) is 31.2 Å². The first kappa shape index (κ1) is 25.9. The van der Waals surface area contributed by atoms with Crippen molar-refractivity contribution in [2.45, 2.75) is 19.9 Å². The molecule has 198 valence electrons. The minimum Gasteiger partial charge on any atom is -0.497 e. The third-order valence-corrected chi connectivity index (χ3v) is 7.18. The van der Waals surface area contributed by atoms with E-state index in [9.17, 15) is 19.7 Å². The Kier molecular flexibility index (Phi) is 6.99. The quantitative estimate of drug-likeness (QED) is 0.195. The Morgan fingerprint density at radius 1 is 1.21 bits per heavy atom. The summed E-state index contributed by atoms with van der Waals surface area (Å²) in [6.45, 7) is 3.63. The van der Waals surface area contributed by atoms with Gasteiger partial charge in [-0.1, -0.05) is 41.7 Å². The first-order chi connectivity index (χ1) is 18.8. The van der Waals surface area contributed by atoms with Gasteiger partial charge in [-0.25, -0.2) is 9.79 Å². The number of furan rings is 1. The summed E-state index contributed by atoms with van der Waals surface area (Å²) in [5, 5.41) is 11.6. The van der Waals surface area contributed by atoms with Crippen LogP contribution in [0.5, 0.6) is 5.75 Å². The molecule has 0 bridgehead atoms. The molecule has 1 aliphatic rings. The van der Waals surface area contributed by atoms with Crippen molar-refractivity contribution < 1.29 is 23.6 Å². The van der Waals surface area contributed by atoms with Crippen molar-refractivity contribution in [3.8, 4) is 17.1 Å². The second-order valence-electron chi connectivity index (χ2n) is 8.56. The first-order valence-electron chi connectivity index (χ1n) is 12.0. The van der Waals surface area contributed by atoms with Gasteiger partial charge < -0.3 is 13.9 Å². The predicted octanol–water partition coefficient (Wildman–Crippen LogP) is 3.98. The van der Waals surface area contributed by atoms with E-state index in [1.54, 1.807) is 44.2 Å². The summed E-state index contributed by atoms with van der Waals surface area (Å²) in [6, 6.07) is 16.2. The summed E-state index contributed by atoms with van der Waals surface area (Å²) in [7, 11) is 1.43. The van der Waals surface area contributed by atoms with Gasteiger partial charge in [-0.2, -0.15) is 0 Å². The molecule has 0 saturated carbocycles. The molecule has 39 heavy (non-hydrogen) atoms. The standard InChI is InChI=1S/C28H23N3O7S/c1-4-37-27(33)24-16(2)29-28-30(25(24)17-8-6-5-7-9-17)26(32)23(39-28)15-19-11-13-22(38-19)20-12-10-18(36-3)14-21(20)31(34)35/h5-15,25H,4H2,1-3H3/b23-15-/t25-/m0/s1. The van der Waals surface area contributed by atoms with Crippen molar-refractivity contribution in [2.75, 3.05) is 13.7 Å². The highest BCUT2D eigenvalue weighted by atomic mass is 32.1. The minimum atomic E-state index is -0.710. The summed E-state index contributed by atoms with van der Waals surface area (Å²) in [5.74, 6) is 0.423. The van der Waals surface area contributed by atoms with Crippen molar-refractivity contribution in [2.24, 2.45) is 4.99 Å². The number of aromatic nitrogens is 1. The van der Waals surface area contributed by atoms with Crippen molar-refractivity contribution in [3.05, 3.63) is 113 Å². The highest BCUT2D eigenvalue weighted by Gasteiger charge is 2.33. The molecule has 2 aromatic carbocycles. The van der Waals surface area contributed by atoms with Crippen LogP contribution in [-0.2, 0) is 9.53 Å². The second kappa shape index (κ2) is 10.5. The molecular weight excluding hydrogens is 522 g/mol. The Labute approximate surface area is 225 Å². The molecule has 4 aromatic rings. The lowest BCUT2D eigenvalue weighted by molar-refractivity contribution is -0.384. The number of methoxy groups -OCH3 is 1. The lowest BCUT2D eigenvalue weighted by Gasteiger charge is -2.24. The fraction of sp³-hybridized carbons (Fsp3) is 0.179. The van der Waals surface area contributed by atoms with E-state index in [1.165, 1.54) is 17.7 Å². The number of nitrogens with zero attached hydrogens (tertiary/aromatic N) is 3. The number of thiazole rings is 1. The van der Waals surface area contributed by atoms with Crippen LogP contribution in [0.25, 0.3) is 17.4 Å². The summed E-state index contributed by atoms with van der Waals surface area (Å²) in [6.07, 6.45) is 1.56. The zero-order chi connectivity index (χ0) is 27.7. The number of hydrogen-bond acceptors (Lipinski definition) is 9. The van der Waals surface area contributed by atoms with E-state index in [0.717, 1.165) is 16.9 Å². The van der Waals surface area contributed by atoms with E-state index >= 15 is 0 Å². The molecule has 0 aliphatic carbocycles. The van der Waals surface area contributed by atoms with Gasteiger partial charge in [-0.05, 0) is 43.7 Å². The SMILES string of the molecule is CCOC(=O)C1=C(C)N=c2s/c(=C\c3ccc(-c4ccc(OC)cc4[N+](=O)[O-])o3)c(=O)n2[C@H]1c1ccccc1. The fourth-order valence-electron chi connectivity index (χ4n) is 4.44. The van der Waals surface area contributed by atoms with E-state index in [-0.39, 0.29) is 29.2 Å². The van der Waals surface area contributed by atoms with Gasteiger partial charge in [-0.15, -0.1) is 0 Å². The molecule has 5 rings (SSSR count). The number of nitro groups is 1. The van der Waals surface area contributed by atoms with Crippen LogP contribution < -0.4 is 19.6 Å². The summed E-state index contributed by atoms with van der Waals surface area (Å²) in [5.41, 5.74) is 1.28. The minimum absolute atomic E-state index is 0.167. The number of rotatable bonds is 7. The van der Waals surface area contributed by atoms with Crippen molar-refractivity contribution in [1.29, 1.82) is 0 Å². The average molecular weight is 546 g/mol. The van der Waals surface area contributed by atoms with Crippen LogP contribution in [0.4, 0.5) is 5.69 Å². The molecule has 0 amide bonds. The molecule has 1 aliphatic heterocycles. The van der Waals surface area contributed by atoms with Crippen LogP contribution >= 0.6 is 11.3 Å². The molecule has 0 unspecified atom stereocenters. The number of benzene rings is 2. The van der Waals surface area contributed by atoms with Gasteiger partial charge in [0.1, 0.15) is 17.3 Å². The van der Waals surface area contributed by atoms with E-state index in [4.69, 9.17) is 13.9 Å². The monoisotopic (exact) mass is 545 g/mol. The fourth-order valence-corrected chi connectivity index (χ4v) is 5.47. The average Bonchev–Trinajstić information content (AvgIpc) is 3.52. The molecule has 0 N–H and O–H groups in total. The smallest absolute Gasteiger partial charge is 0.338 e. The number of esters is 1. The number of allylic oxidation sites excluding steroid dienone is 1. The lowest BCUT2D eigenvalue weighted by atomic mass is 9.96. The maximum Gasteiger partial charge on any atom is 0.338 e. The number of ether oxygens (including phenoxy) is 2. The van der Waals surface area contributed by atoms with Gasteiger partial charge in [0, 0.05) is 6.08 Å². The van der Waals surface area contributed by atoms with Crippen LogP contribution in [-0.4, -0.2) is 29.2 Å². The highest BCUT2D eigenvalue weighted by Crippen LogP contribution is 2.34. The van der Waals surface area contributed by atoms with E-state index in [2.05, 4.69) is 4.99 Å². The predicted molar refractivity (Wildman–Crippen MR) is 144 cm³/mol. The van der Waals surface area contributed by atoms with Gasteiger partial charge >= 0.3 is 5.97 Å². The molecule has 0 radical (unpaired) electrons. The van der Waals surface area contributed by atoms with E-state index in [1.807, 2.05) is 30.3 Å². The third-order valence-electron chi connectivity index (χ3n) is 6.20. The maximum absolute atomic E-state index is 13.7. The van der Waals surface area contributed by atoms with Crippen molar-refractivity contribution in [1.82, 2.24) is 4.57 Å². The van der Waals surface area contributed by atoms with Gasteiger partial charge in [0.05, 0.1) is 52.1 Å². The Morgan fingerprint density at radius 3 is 2.67 bits per heavy atom. The summed E-state index contributed by atoms with van der Waals surface area (Å²) in [4.78, 5) is 42.7. The molecule has 0 saturated heterocycles. The first-order valence-corrected chi connectivity index (χ1v) is 12.8.